The SMILES string of the molecule is CC(NC(=O)NCc1ccc(Br)s1)(C(=O)O)C1CC1. The number of thiophene rings is 1. The molecule has 1 heterocycles. The molecule has 3 N–H and O–H groups in total. The normalized spacial score (nSPS) is 17.6. The smallest absolute Gasteiger partial charge is 0.329 e. The van der Waals surface area contributed by atoms with Crippen LogP contribution in [0.3, 0.4) is 0 Å². The maximum Gasteiger partial charge on any atom is 0.329 e. The van der Waals surface area contributed by atoms with E-state index in [2.05, 4.69) is 26.6 Å². The van der Waals surface area contributed by atoms with Gasteiger partial charge in [0.15, 0.2) is 0 Å². The summed E-state index contributed by atoms with van der Waals surface area (Å²) in [5, 5.41) is 14.5. The molecule has 19 heavy (non-hydrogen) atoms. The van der Waals surface area contributed by atoms with Crippen LogP contribution in [0.1, 0.15) is 24.6 Å². The number of carboxylic acids is 1. The molecule has 2 rings (SSSR count). The molecule has 1 aromatic rings. The highest BCUT2D eigenvalue weighted by Gasteiger charge is 2.48. The van der Waals surface area contributed by atoms with Crippen molar-refractivity contribution in [1.82, 2.24) is 10.6 Å². The van der Waals surface area contributed by atoms with Crippen molar-refractivity contribution in [2.24, 2.45) is 5.92 Å². The summed E-state index contributed by atoms with van der Waals surface area (Å²) in [6.07, 6.45) is 1.70. The monoisotopic (exact) mass is 346 g/mol. The second-order valence-corrected chi connectivity index (χ2v) is 7.34. The van der Waals surface area contributed by atoms with Crippen molar-refractivity contribution in [2.75, 3.05) is 0 Å². The first kappa shape index (κ1) is 14.3. The van der Waals surface area contributed by atoms with Crippen LogP contribution in [0.5, 0.6) is 0 Å². The summed E-state index contributed by atoms with van der Waals surface area (Å²) in [6.45, 7) is 1.96. The summed E-state index contributed by atoms with van der Waals surface area (Å²) >= 11 is 4.88. The van der Waals surface area contributed by atoms with Crippen molar-refractivity contribution in [3.8, 4) is 0 Å². The quantitative estimate of drug-likeness (QED) is 0.766. The zero-order chi connectivity index (χ0) is 14.0. The predicted octanol–water partition coefficient (Wildman–Crippen LogP) is 2.56. The van der Waals surface area contributed by atoms with Crippen molar-refractivity contribution in [3.05, 3.63) is 20.8 Å². The summed E-state index contributed by atoms with van der Waals surface area (Å²) in [7, 11) is 0. The van der Waals surface area contributed by atoms with E-state index in [0.717, 1.165) is 21.5 Å². The lowest BCUT2D eigenvalue weighted by molar-refractivity contribution is -0.144. The number of urea groups is 1. The van der Waals surface area contributed by atoms with Crippen molar-refractivity contribution in [1.29, 1.82) is 0 Å². The number of carboxylic acid groups (broad SMARTS) is 1. The molecule has 1 atom stereocenters. The Hall–Kier alpha value is -1.08. The molecule has 1 aliphatic carbocycles. The molecule has 1 saturated carbocycles. The minimum Gasteiger partial charge on any atom is -0.480 e. The number of rotatable bonds is 5. The number of hydrogen-bond donors (Lipinski definition) is 3. The number of halogens is 1. The molecule has 0 aliphatic heterocycles. The average molecular weight is 347 g/mol. The molecule has 104 valence electrons. The van der Waals surface area contributed by atoms with Crippen molar-refractivity contribution in [2.45, 2.75) is 31.8 Å². The molecule has 1 aliphatic rings. The first-order valence-electron chi connectivity index (χ1n) is 5.95. The van der Waals surface area contributed by atoms with Crippen LogP contribution >= 0.6 is 27.3 Å². The molecule has 0 bridgehead atoms. The van der Waals surface area contributed by atoms with Gasteiger partial charge in [0.05, 0.1) is 10.3 Å². The Morgan fingerprint density at radius 1 is 1.53 bits per heavy atom. The van der Waals surface area contributed by atoms with Crippen molar-refractivity contribution < 1.29 is 14.7 Å². The van der Waals surface area contributed by atoms with E-state index in [1.807, 2.05) is 12.1 Å². The van der Waals surface area contributed by atoms with E-state index >= 15 is 0 Å². The summed E-state index contributed by atoms with van der Waals surface area (Å²) in [6, 6.07) is 3.37. The van der Waals surface area contributed by atoms with Gasteiger partial charge in [-0.3, -0.25) is 0 Å². The molecule has 7 heteroatoms. The molecule has 5 nitrogen and oxygen atoms in total. The Labute approximate surface area is 123 Å². The zero-order valence-electron chi connectivity index (χ0n) is 10.4. The van der Waals surface area contributed by atoms with Crippen LogP contribution in [0.15, 0.2) is 15.9 Å². The third-order valence-corrected chi connectivity index (χ3v) is 4.89. The van der Waals surface area contributed by atoms with E-state index in [-0.39, 0.29) is 5.92 Å². The van der Waals surface area contributed by atoms with Crippen LogP contribution in [0, 0.1) is 5.92 Å². The highest BCUT2D eigenvalue weighted by atomic mass is 79.9. The van der Waals surface area contributed by atoms with Crippen molar-refractivity contribution in [3.63, 3.8) is 0 Å². The highest BCUT2D eigenvalue weighted by Crippen LogP contribution is 2.39. The fourth-order valence-corrected chi connectivity index (χ4v) is 3.31. The lowest BCUT2D eigenvalue weighted by Crippen LogP contribution is -2.56. The molecule has 1 fully saturated rings. The topological polar surface area (TPSA) is 78.4 Å². The largest absolute Gasteiger partial charge is 0.480 e. The predicted molar refractivity (Wildman–Crippen MR) is 76.2 cm³/mol. The van der Waals surface area contributed by atoms with E-state index in [9.17, 15) is 14.7 Å². The molecule has 0 saturated heterocycles. The van der Waals surface area contributed by atoms with Gasteiger partial charge in [-0.25, -0.2) is 9.59 Å². The Bertz CT molecular complexity index is 501. The number of amides is 2. The molecule has 2 amide bonds. The summed E-state index contributed by atoms with van der Waals surface area (Å²) in [5.74, 6) is -0.948. The average Bonchev–Trinajstić information content (AvgIpc) is 3.11. The molecule has 1 aromatic heterocycles. The van der Waals surface area contributed by atoms with Gasteiger partial charge in [-0.05, 0) is 53.7 Å². The van der Waals surface area contributed by atoms with Crippen LogP contribution in [0.2, 0.25) is 0 Å². The number of carbonyl (C=O) groups is 2. The van der Waals surface area contributed by atoms with Gasteiger partial charge in [0.25, 0.3) is 0 Å². The maximum absolute atomic E-state index is 11.8. The maximum atomic E-state index is 11.8. The minimum atomic E-state index is -1.17. The fraction of sp³-hybridized carbons (Fsp3) is 0.500. The zero-order valence-corrected chi connectivity index (χ0v) is 12.8. The lowest BCUT2D eigenvalue weighted by Gasteiger charge is -2.26. The third-order valence-electron chi connectivity index (χ3n) is 3.26. The molecule has 1 unspecified atom stereocenters. The van der Waals surface area contributed by atoms with E-state index in [0.29, 0.717) is 6.54 Å². The third kappa shape index (κ3) is 3.48. The van der Waals surface area contributed by atoms with Crippen molar-refractivity contribution >= 4 is 39.3 Å². The van der Waals surface area contributed by atoms with Gasteiger partial charge in [-0.15, -0.1) is 11.3 Å². The van der Waals surface area contributed by atoms with Crippen LogP contribution in [-0.2, 0) is 11.3 Å². The Morgan fingerprint density at radius 3 is 2.68 bits per heavy atom. The Kier molecular flexibility index (Phi) is 4.15. The highest BCUT2D eigenvalue weighted by molar-refractivity contribution is 9.11. The molecule has 0 spiro atoms. The summed E-state index contributed by atoms with van der Waals surface area (Å²) in [4.78, 5) is 24.1. The number of hydrogen-bond acceptors (Lipinski definition) is 3. The van der Waals surface area contributed by atoms with E-state index in [1.54, 1.807) is 6.92 Å². The van der Waals surface area contributed by atoms with Gasteiger partial charge in [-0.2, -0.15) is 0 Å². The van der Waals surface area contributed by atoms with Crippen LogP contribution in [0.4, 0.5) is 4.79 Å². The summed E-state index contributed by atoms with van der Waals surface area (Å²) < 4.78 is 0.998. The van der Waals surface area contributed by atoms with E-state index in [4.69, 9.17) is 0 Å². The molecular formula is C12H15BrN2O3S. The number of aliphatic carboxylic acids is 1. The van der Waals surface area contributed by atoms with Crippen LogP contribution < -0.4 is 10.6 Å². The van der Waals surface area contributed by atoms with Gasteiger partial charge in [0.2, 0.25) is 0 Å². The van der Waals surface area contributed by atoms with Gasteiger partial charge >= 0.3 is 12.0 Å². The standard InChI is InChI=1S/C12H15BrN2O3S/c1-12(10(16)17,7-2-3-7)15-11(18)14-6-8-4-5-9(13)19-8/h4-5,7H,2-3,6H2,1H3,(H,16,17)(H2,14,15,18). The Morgan fingerprint density at radius 2 is 2.21 bits per heavy atom. The van der Waals surface area contributed by atoms with Crippen LogP contribution in [-0.4, -0.2) is 22.6 Å². The first-order chi connectivity index (χ1) is 8.91. The van der Waals surface area contributed by atoms with Gasteiger partial charge in [0.1, 0.15) is 5.54 Å². The first-order valence-corrected chi connectivity index (χ1v) is 7.56. The summed E-state index contributed by atoms with van der Waals surface area (Å²) in [5.41, 5.74) is -1.17. The fourth-order valence-electron chi connectivity index (χ4n) is 1.89. The van der Waals surface area contributed by atoms with Gasteiger partial charge in [0, 0.05) is 4.88 Å². The molecular weight excluding hydrogens is 332 g/mol. The van der Waals surface area contributed by atoms with E-state index in [1.165, 1.54) is 11.3 Å². The minimum absolute atomic E-state index is 0.0339. The van der Waals surface area contributed by atoms with E-state index < -0.39 is 17.5 Å². The van der Waals surface area contributed by atoms with Gasteiger partial charge < -0.3 is 15.7 Å². The molecule has 0 aromatic carbocycles. The Balaban J connectivity index is 1.88. The second-order valence-electron chi connectivity index (χ2n) is 4.80. The number of carbonyl (C=O) groups excluding carboxylic acids is 1. The van der Waals surface area contributed by atoms with Crippen LogP contribution in [0.25, 0.3) is 0 Å². The lowest BCUT2D eigenvalue weighted by atomic mass is 9.96. The number of nitrogens with one attached hydrogen (secondary N) is 2. The van der Waals surface area contributed by atoms with Gasteiger partial charge in [-0.1, -0.05) is 0 Å². The molecule has 0 radical (unpaired) electrons. The second kappa shape index (κ2) is 5.50.